The summed E-state index contributed by atoms with van der Waals surface area (Å²) in [6.45, 7) is 0. The first-order valence-corrected chi connectivity index (χ1v) is 5.54. The molecule has 0 N–H and O–H groups in total. The van der Waals surface area contributed by atoms with Crippen LogP contribution in [0.3, 0.4) is 0 Å². The summed E-state index contributed by atoms with van der Waals surface area (Å²) in [4.78, 5) is 11.4. The Labute approximate surface area is 109 Å². The second-order valence-electron chi connectivity index (χ2n) is 3.88. The van der Waals surface area contributed by atoms with Crippen LogP contribution >= 0.6 is 0 Å². The third-order valence-corrected chi connectivity index (χ3v) is 2.71. The Balaban J connectivity index is 2.45. The number of esters is 1. The highest BCUT2D eigenvalue weighted by molar-refractivity contribution is 5.90. The van der Waals surface area contributed by atoms with Gasteiger partial charge in [-0.05, 0) is 35.4 Å². The number of halogens is 1. The standard InChI is InChI=1S/C15H10FNO2/c1-19-15(18)12-4-2-3-10(7-12)11-5-6-13(9-17)14(16)8-11/h2-8H,1H3. The summed E-state index contributed by atoms with van der Waals surface area (Å²) < 4.78 is 18.2. The van der Waals surface area contributed by atoms with Gasteiger partial charge in [-0.25, -0.2) is 9.18 Å². The van der Waals surface area contributed by atoms with Gasteiger partial charge in [-0.15, -0.1) is 0 Å². The second-order valence-corrected chi connectivity index (χ2v) is 3.88. The number of nitrogens with zero attached hydrogens (tertiary/aromatic N) is 1. The zero-order valence-electron chi connectivity index (χ0n) is 10.2. The molecule has 94 valence electrons. The van der Waals surface area contributed by atoms with E-state index in [1.54, 1.807) is 36.4 Å². The molecule has 19 heavy (non-hydrogen) atoms. The van der Waals surface area contributed by atoms with Crippen molar-refractivity contribution >= 4 is 5.97 Å². The molecule has 0 aliphatic rings. The van der Waals surface area contributed by atoms with Gasteiger partial charge in [0.25, 0.3) is 0 Å². The molecular weight excluding hydrogens is 245 g/mol. The van der Waals surface area contributed by atoms with E-state index in [1.165, 1.54) is 19.2 Å². The maximum absolute atomic E-state index is 13.5. The lowest BCUT2D eigenvalue weighted by molar-refractivity contribution is 0.0601. The number of rotatable bonds is 2. The Morgan fingerprint density at radius 3 is 2.58 bits per heavy atom. The lowest BCUT2D eigenvalue weighted by Gasteiger charge is -2.05. The number of hydrogen-bond acceptors (Lipinski definition) is 3. The van der Waals surface area contributed by atoms with Crippen molar-refractivity contribution in [3.8, 4) is 17.2 Å². The second kappa shape index (κ2) is 5.32. The van der Waals surface area contributed by atoms with Crippen molar-refractivity contribution in [2.45, 2.75) is 0 Å². The van der Waals surface area contributed by atoms with Gasteiger partial charge >= 0.3 is 5.97 Å². The number of carbonyl (C=O) groups is 1. The van der Waals surface area contributed by atoms with E-state index in [0.29, 0.717) is 16.7 Å². The predicted molar refractivity (Wildman–Crippen MR) is 67.9 cm³/mol. The van der Waals surface area contributed by atoms with E-state index in [0.717, 1.165) is 0 Å². The first-order valence-electron chi connectivity index (χ1n) is 5.54. The predicted octanol–water partition coefficient (Wildman–Crippen LogP) is 3.15. The van der Waals surface area contributed by atoms with Gasteiger partial charge in [-0.2, -0.15) is 5.26 Å². The Morgan fingerprint density at radius 1 is 1.21 bits per heavy atom. The van der Waals surface area contributed by atoms with Gasteiger partial charge in [0.05, 0.1) is 18.2 Å². The van der Waals surface area contributed by atoms with Crippen LogP contribution in [0.25, 0.3) is 11.1 Å². The molecule has 0 fully saturated rings. The molecule has 0 bridgehead atoms. The van der Waals surface area contributed by atoms with Crippen LogP contribution in [0.5, 0.6) is 0 Å². The highest BCUT2D eigenvalue weighted by atomic mass is 19.1. The van der Waals surface area contributed by atoms with E-state index < -0.39 is 11.8 Å². The van der Waals surface area contributed by atoms with Crippen LogP contribution in [-0.2, 0) is 4.74 Å². The quantitative estimate of drug-likeness (QED) is 0.774. The number of methoxy groups -OCH3 is 1. The number of ether oxygens (including phenoxy) is 1. The number of nitriles is 1. The first kappa shape index (κ1) is 12.8. The molecule has 4 heteroatoms. The maximum atomic E-state index is 13.5. The highest BCUT2D eigenvalue weighted by Gasteiger charge is 2.08. The maximum Gasteiger partial charge on any atom is 0.337 e. The molecule has 2 rings (SSSR count). The third kappa shape index (κ3) is 2.61. The monoisotopic (exact) mass is 255 g/mol. The van der Waals surface area contributed by atoms with Gasteiger partial charge in [0.2, 0.25) is 0 Å². The molecule has 0 radical (unpaired) electrons. The summed E-state index contributed by atoms with van der Waals surface area (Å²) >= 11 is 0. The number of carbonyl (C=O) groups excluding carboxylic acids is 1. The minimum atomic E-state index is -0.580. The molecule has 0 amide bonds. The van der Waals surface area contributed by atoms with Crippen molar-refractivity contribution in [3.05, 3.63) is 59.4 Å². The first-order chi connectivity index (χ1) is 9.15. The molecule has 0 saturated carbocycles. The van der Waals surface area contributed by atoms with Crippen LogP contribution in [0.4, 0.5) is 4.39 Å². The van der Waals surface area contributed by atoms with E-state index in [-0.39, 0.29) is 5.56 Å². The lowest BCUT2D eigenvalue weighted by atomic mass is 10.0. The lowest BCUT2D eigenvalue weighted by Crippen LogP contribution is -2.00. The van der Waals surface area contributed by atoms with Crippen LogP contribution in [0.2, 0.25) is 0 Å². The molecular formula is C15H10FNO2. The normalized spacial score (nSPS) is 9.74. The third-order valence-electron chi connectivity index (χ3n) is 2.71. The highest BCUT2D eigenvalue weighted by Crippen LogP contribution is 2.23. The Kier molecular flexibility index (Phi) is 3.58. The molecule has 0 saturated heterocycles. The molecule has 0 aromatic heterocycles. The van der Waals surface area contributed by atoms with E-state index in [1.807, 2.05) is 0 Å². The minimum absolute atomic E-state index is 0.00660. The van der Waals surface area contributed by atoms with Crippen molar-refractivity contribution in [1.82, 2.24) is 0 Å². The molecule has 0 atom stereocenters. The van der Waals surface area contributed by atoms with Crippen molar-refractivity contribution in [1.29, 1.82) is 5.26 Å². The molecule has 2 aromatic rings. The average molecular weight is 255 g/mol. The van der Waals surface area contributed by atoms with E-state index in [9.17, 15) is 9.18 Å². The van der Waals surface area contributed by atoms with Crippen LogP contribution in [0, 0.1) is 17.1 Å². The molecule has 3 nitrogen and oxygen atoms in total. The van der Waals surface area contributed by atoms with Gasteiger partial charge in [-0.1, -0.05) is 18.2 Å². The van der Waals surface area contributed by atoms with Crippen LogP contribution in [0.1, 0.15) is 15.9 Å². The SMILES string of the molecule is COC(=O)c1cccc(-c2ccc(C#N)c(F)c2)c1. The Hall–Kier alpha value is -2.67. The van der Waals surface area contributed by atoms with Gasteiger partial charge < -0.3 is 4.74 Å². The van der Waals surface area contributed by atoms with Crippen LogP contribution in [-0.4, -0.2) is 13.1 Å². The van der Waals surface area contributed by atoms with Crippen molar-refractivity contribution in [2.75, 3.05) is 7.11 Å². The fraction of sp³-hybridized carbons (Fsp3) is 0.0667. The number of benzene rings is 2. The fourth-order valence-electron chi connectivity index (χ4n) is 1.73. The molecule has 0 unspecified atom stereocenters. The van der Waals surface area contributed by atoms with Crippen LogP contribution in [0.15, 0.2) is 42.5 Å². The van der Waals surface area contributed by atoms with Crippen molar-refractivity contribution < 1.29 is 13.9 Å². The summed E-state index contributed by atoms with van der Waals surface area (Å²) in [5, 5.41) is 8.68. The Morgan fingerprint density at radius 2 is 1.95 bits per heavy atom. The van der Waals surface area contributed by atoms with Crippen molar-refractivity contribution in [3.63, 3.8) is 0 Å². The fourth-order valence-corrected chi connectivity index (χ4v) is 1.73. The largest absolute Gasteiger partial charge is 0.465 e. The summed E-state index contributed by atoms with van der Waals surface area (Å²) in [5.41, 5.74) is 1.67. The van der Waals surface area contributed by atoms with Gasteiger partial charge in [0.15, 0.2) is 0 Å². The molecule has 0 heterocycles. The van der Waals surface area contributed by atoms with Gasteiger partial charge in [0, 0.05) is 0 Å². The summed E-state index contributed by atoms with van der Waals surface area (Å²) in [5.74, 6) is -1.03. The van der Waals surface area contributed by atoms with E-state index in [2.05, 4.69) is 4.74 Å². The molecule has 2 aromatic carbocycles. The minimum Gasteiger partial charge on any atom is -0.465 e. The summed E-state index contributed by atoms with van der Waals surface area (Å²) in [7, 11) is 1.30. The summed E-state index contributed by atoms with van der Waals surface area (Å²) in [6, 6.07) is 12.8. The number of hydrogen-bond donors (Lipinski definition) is 0. The zero-order chi connectivity index (χ0) is 13.8. The summed E-state index contributed by atoms with van der Waals surface area (Å²) in [6.07, 6.45) is 0. The smallest absolute Gasteiger partial charge is 0.337 e. The zero-order valence-corrected chi connectivity index (χ0v) is 10.2. The van der Waals surface area contributed by atoms with Crippen LogP contribution < -0.4 is 0 Å². The Bertz CT molecular complexity index is 674. The molecule has 0 aliphatic carbocycles. The topological polar surface area (TPSA) is 50.1 Å². The van der Waals surface area contributed by atoms with E-state index in [4.69, 9.17) is 5.26 Å². The van der Waals surface area contributed by atoms with Crippen molar-refractivity contribution in [2.24, 2.45) is 0 Å². The average Bonchev–Trinajstić information content (AvgIpc) is 2.46. The van der Waals surface area contributed by atoms with Gasteiger partial charge in [-0.3, -0.25) is 0 Å². The molecule has 0 aliphatic heterocycles. The molecule has 0 spiro atoms. The van der Waals surface area contributed by atoms with E-state index >= 15 is 0 Å². The van der Waals surface area contributed by atoms with Gasteiger partial charge in [0.1, 0.15) is 11.9 Å².